The Kier molecular flexibility index (Phi) is 4.83. The Morgan fingerprint density at radius 1 is 0.920 bits per heavy atom. The van der Waals surface area contributed by atoms with Gasteiger partial charge in [-0.05, 0) is 47.0 Å². The first kappa shape index (κ1) is 17.1. The van der Waals surface area contributed by atoms with Crippen LogP contribution in [-0.2, 0) is 16.4 Å². The molecule has 0 aromatic heterocycles. The number of benzene rings is 3. The molecule has 128 valence electrons. The Morgan fingerprint density at radius 2 is 1.60 bits per heavy atom. The summed E-state index contributed by atoms with van der Waals surface area (Å²) in [6, 6.07) is 19.3. The number of carbonyl (C=O) groups is 1. The maximum absolute atomic E-state index is 12.4. The molecule has 0 aliphatic carbocycles. The molecule has 3 aromatic carbocycles. The first-order valence-corrected chi connectivity index (χ1v) is 9.38. The van der Waals surface area contributed by atoms with Crippen LogP contribution in [0.25, 0.3) is 10.8 Å². The van der Waals surface area contributed by atoms with Gasteiger partial charge in [-0.1, -0.05) is 49.4 Å². The zero-order valence-electron chi connectivity index (χ0n) is 13.7. The number of carbonyl (C=O) groups excluding carboxylic acids is 1. The predicted octanol–water partition coefficient (Wildman–Crippen LogP) is 3.03. The van der Waals surface area contributed by atoms with Gasteiger partial charge in [0.05, 0.1) is 4.90 Å². The van der Waals surface area contributed by atoms with Crippen molar-refractivity contribution in [3.05, 3.63) is 77.9 Å². The SMILES string of the molecule is CCc1ccc(C(=O)NNS(=O)(=O)c2ccc3ccccc3c2)cc1. The summed E-state index contributed by atoms with van der Waals surface area (Å²) in [6.45, 7) is 2.02. The zero-order chi connectivity index (χ0) is 17.9. The van der Waals surface area contributed by atoms with Crippen molar-refractivity contribution in [3.63, 3.8) is 0 Å². The van der Waals surface area contributed by atoms with Crippen LogP contribution in [0.4, 0.5) is 0 Å². The Balaban J connectivity index is 1.74. The van der Waals surface area contributed by atoms with Gasteiger partial charge in [-0.3, -0.25) is 10.2 Å². The van der Waals surface area contributed by atoms with Crippen LogP contribution in [-0.4, -0.2) is 14.3 Å². The Bertz CT molecular complexity index is 1010. The van der Waals surface area contributed by atoms with Crippen molar-refractivity contribution in [2.45, 2.75) is 18.2 Å². The van der Waals surface area contributed by atoms with Crippen LogP contribution >= 0.6 is 0 Å². The third-order valence-electron chi connectivity index (χ3n) is 3.95. The molecule has 0 saturated carbocycles. The number of nitrogens with one attached hydrogen (secondary N) is 2. The standard InChI is InChI=1S/C19H18N2O3S/c1-2-14-7-9-16(10-8-14)19(22)20-21-25(23,24)18-12-11-15-5-3-4-6-17(15)13-18/h3-13,21H,2H2,1H3,(H,20,22). The summed E-state index contributed by atoms with van der Waals surface area (Å²) in [5.74, 6) is -0.507. The number of hydrogen-bond acceptors (Lipinski definition) is 3. The number of aryl methyl sites for hydroxylation is 1. The van der Waals surface area contributed by atoms with Crippen LogP contribution in [0.1, 0.15) is 22.8 Å². The van der Waals surface area contributed by atoms with Gasteiger partial charge in [0.1, 0.15) is 0 Å². The highest BCUT2D eigenvalue weighted by Crippen LogP contribution is 2.18. The lowest BCUT2D eigenvalue weighted by atomic mass is 10.1. The lowest BCUT2D eigenvalue weighted by Gasteiger charge is -2.09. The molecule has 6 heteroatoms. The second-order valence-electron chi connectivity index (χ2n) is 5.62. The van der Waals surface area contributed by atoms with Gasteiger partial charge in [-0.2, -0.15) is 0 Å². The van der Waals surface area contributed by atoms with Crippen molar-refractivity contribution in [2.75, 3.05) is 0 Å². The fourth-order valence-corrected chi connectivity index (χ4v) is 3.35. The summed E-state index contributed by atoms with van der Waals surface area (Å²) in [5.41, 5.74) is 3.74. The Hall–Kier alpha value is -2.70. The third kappa shape index (κ3) is 3.87. The monoisotopic (exact) mass is 354 g/mol. The Morgan fingerprint density at radius 3 is 2.28 bits per heavy atom. The van der Waals surface area contributed by atoms with E-state index in [9.17, 15) is 13.2 Å². The van der Waals surface area contributed by atoms with E-state index in [-0.39, 0.29) is 4.90 Å². The number of sulfonamides is 1. The summed E-state index contributed by atoms with van der Waals surface area (Å²) in [5, 5.41) is 1.76. The Labute approximate surface area is 146 Å². The van der Waals surface area contributed by atoms with E-state index in [2.05, 4.69) is 10.3 Å². The smallest absolute Gasteiger partial charge is 0.266 e. The molecule has 0 fully saturated rings. The topological polar surface area (TPSA) is 75.3 Å². The van der Waals surface area contributed by atoms with Gasteiger partial charge in [-0.25, -0.2) is 8.42 Å². The van der Waals surface area contributed by atoms with Crippen molar-refractivity contribution < 1.29 is 13.2 Å². The molecule has 0 atom stereocenters. The van der Waals surface area contributed by atoms with Crippen LogP contribution in [0.5, 0.6) is 0 Å². The summed E-state index contributed by atoms with van der Waals surface area (Å²) in [6.07, 6.45) is 0.872. The molecule has 25 heavy (non-hydrogen) atoms. The van der Waals surface area contributed by atoms with E-state index in [0.29, 0.717) is 5.56 Å². The fraction of sp³-hybridized carbons (Fsp3) is 0.105. The highest BCUT2D eigenvalue weighted by molar-refractivity contribution is 7.89. The fourth-order valence-electron chi connectivity index (χ4n) is 2.47. The summed E-state index contributed by atoms with van der Waals surface area (Å²) < 4.78 is 24.8. The van der Waals surface area contributed by atoms with E-state index in [0.717, 1.165) is 22.8 Å². The van der Waals surface area contributed by atoms with E-state index in [1.807, 2.05) is 43.3 Å². The maximum Gasteiger partial charge on any atom is 0.266 e. The summed E-state index contributed by atoms with van der Waals surface area (Å²) in [7, 11) is -3.85. The van der Waals surface area contributed by atoms with E-state index in [4.69, 9.17) is 0 Å². The lowest BCUT2D eigenvalue weighted by Crippen LogP contribution is -2.41. The molecule has 0 aliphatic heterocycles. The number of hydrazine groups is 1. The van der Waals surface area contributed by atoms with Crippen LogP contribution in [0.2, 0.25) is 0 Å². The van der Waals surface area contributed by atoms with Gasteiger partial charge in [0.25, 0.3) is 15.9 Å². The largest absolute Gasteiger partial charge is 0.273 e. The average molecular weight is 354 g/mol. The van der Waals surface area contributed by atoms with Crippen molar-refractivity contribution in [3.8, 4) is 0 Å². The molecule has 0 heterocycles. The minimum absolute atomic E-state index is 0.0906. The van der Waals surface area contributed by atoms with Gasteiger partial charge in [0, 0.05) is 5.56 Å². The molecular weight excluding hydrogens is 336 g/mol. The molecule has 0 bridgehead atoms. The van der Waals surface area contributed by atoms with Crippen molar-refractivity contribution in [1.82, 2.24) is 10.3 Å². The van der Waals surface area contributed by atoms with Crippen LogP contribution < -0.4 is 10.3 Å². The van der Waals surface area contributed by atoms with Gasteiger partial charge in [-0.15, -0.1) is 4.83 Å². The molecular formula is C19H18N2O3S. The molecule has 3 aromatic rings. The molecule has 0 spiro atoms. The second kappa shape index (κ2) is 7.04. The maximum atomic E-state index is 12.4. The van der Waals surface area contributed by atoms with Gasteiger partial charge >= 0.3 is 0 Å². The molecule has 3 rings (SSSR count). The molecule has 1 amide bonds. The first-order valence-electron chi connectivity index (χ1n) is 7.89. The quantitative estimate of drug-likeness (QED) is 0.692. The average Bonchev–Trinajstić information content (AvgIpc) is 2.66. The van der Waals surface area contributed by atoms with E-state index >= 15 is 0 Å². The molecule has 0 saturated heterocycles. The summed E-state index contributed by atoms with van der Waals surface area (Å²) in [4.78, 5) is 14.3. The van der Waals surface area contributed by atoms with Crippen LogP contribution in [0.15, 0.2) is 71.6 Å². The molecule has 2 N–H and O–H groups in total. The predicted molar refractivity (Wildman–Crippen MR) is 97.6 cm³/mol. The van der Waals surface area contributed by atoms with E-state index in [1.165, 1.54) is 6.07 Å². The molecule has 5 nitrogen and oxygen atoms in total. The number of amides is 1. The minimum Gasteiger partial charge on any atom is -0.273 e. The van der Waals surface area contributed by atoms with Gasteiger partial charge in [0.15, 0.2) is 0 Å². The summed E-state index contributed by atoms with van der Waals surface area (Å²) >= 11 is 0. The van der Waals surface area contributed by atoms with Gasteiger partial charge in [0.2, 0.25) is 0 Å². The highest BCUT2D eigenvalue weighted by Gasteiger charge is 2.16. The van der Waals surface area contributed by atoms with E-state index in [1.54, 1.807) is 24.3 Å². The van der Waals surface area contributed by atoms with Gasteiger partial charge < -0.3 is 0 Å². The van der Waals surface area contributed by atoms with Crippen LogP contribution in [0, 0.1) is 0 Å². The lowest BCUT2D eigenvalue weighted by molar-refractivity contribution is 0.0945. The van der Waals surface area contributed by atoms with Crippen molar-refractivity contribution in [1.29, 1.82) is 0 Å². The van der Waals surface area contributed by atoms with Crippen molar-refractivity contribution >= 4 is 26.7 Å². The third-order valence-corrected chi connectivity index (χ3v) is 5.20. The molecule has 0 unspecified atom stereocenters. The highest BCUT2D eigenvalue weighted by atomic mass is 32.2. The second-order valence-corrected chi connectivity index (χ2v) is 7.30. The van der Waals surface area contributed by atoms with E-state index < -0.39 is 15.9 Å². The molecule has 0 radical (unpaired) electrons. The normalized spacial score (nSPS) is 11.4. The van der Waals surface area contributed by atoms with Crippen molar-refractivity contribution in [2.24, 2.45) is 0 Å². The number of fused-ring (bicyclic) bond motifs is 1. The van der Waals surface area contributed by atoms with Crippen LogP contribution in [0.3, 0.4) is 0 Å². The number of hydrogen-bond donors (Lipinski definition) is 2. The number of rotatable bonds is 5. The first-order chi connectivity index (χ1) is 12.0. The minimum atomic E-state index is -3.85. The zero-order valence-corrected chi connectivity index (χ0v) is 14.5. The molecule has 0 aliphatic rings.